The monoisotopic (exact) mass is 381 g/mol. The molecule has 0 saturated carbocycles. The number of imidazole rings is 1. The van der Waals surface area contributed by atoms with E-state index in [4.69, 9.17) is 15.6 Å². The normalized spacial score (nSPS) is 12.0. The van der Waals surface area contributed by atoms with Gasteiger partial charge in [-0.2, -0.15) is 0 Å². The molecule has 0 spiro atoms. The Kier molecular flexibility index (Phi) is 6.21. The van der Waals surface area contributed by atoms with Gasteiger partial charge >= 0.3 is 0 Å². The number of aromatic nitrogens is 4. The molecule has 3 rings (SSSR count). The van der Waals surface area contributed by atoms with Crippen molar-refractivity contribution in [3.63, 3.8) is 0 Å². The van der Waals surface area contributed by atoms with Gasteiger partial charge in [0.15, 0.2) is 5.65 Å². The Bertz CT molecular complexity index is 1090. The molecule has 0 aromatic carbocycles. The van der Waals surface area contributed by atoms with E-state index in [1.807, 2.05) is 13.8 Å². The van der Waals surface area contributed by atoms with E-state index in [1.165, 1.54) is 0 Å². The third-order valence-corrected chi connectivity index (χ3v) is 4.23. The molecule has 0 aliphatic carbocycles. The molecule has 0 fully saturated rings. The molecular formula is C20H23N5O3. The molecule has 1 atom stereocenters. The highest BCUT2D eigenvalue weighted by atomic mass is 16.6. The fraction of sp³-hybridized carbons (Fsp3) is 0.350. The van der Waals surface area contributed by atoms with Crippen molar-refractivity contribution in [3.05, 3.63) is 52.5 Å². The molecule has 0 amide bonds. The van der Waals surface area contributed by atoms with E-state index in [-0.39, 0.29) is 18.1 Å². The summed E-state index contributed by atoms with van der Waals surface area (Å²) in [5.41, 5.74) is 8.14. The number of aliphatic hydroxyl groups excluding tert-OH is 1. The maximum absolute atomic E-state index is 13.2. The predicted octanol–water partition coefficient (Wildman–Crippen LogP) is 0.803. The number of hydrogen-bond acceptors (Lipinski definition) is 6. The number of ether oxygens (including phenoxy) is 1. The van der Waals surface area contributed by atoms with Crippen molar-refractivity contribution in [1.82, 2.24) is 19.1 Å². The molecule has 0 aliphatic heterocycles. The second-order valence-corrected chi connectivity index (χ2v) is 6.45. The fourth-order valence-electron chi connectivity index (χ4n) is 2.99. The molecule has 0 unspecified atom stereocenters. The average Bonchev–Trinajstić information content (AvgIpc) is 3.12. The number of rotatable bonds is 6. The van der Waals surface area contributed by atoms with Crippen LogP contribution in [0.4, 0.5) is 0 Å². The van der Waals surface area contributed by atoms with E-state index in [1.54, 1.807) is 40.0 Å². The van der Waals surface area contributed by atoms with Gasteiger partial charge in [0, 0.05) is 30.8 Å². The van der Waals surface area contributed by atoms with E-state index in [9.17, 15) is 4.79 Å². The van der Waals surface area contributed by atoms with Crippen molar-refractivity contribution in [2.24, 2.45) is 11.7 Å². The second kappa shape index (κ2) is 8.80. The van der Waals surface area contributed by atoms with Crippen molar-refractivity contribution in [2.45, 2.75) is 20.3 Å². The highest BCUT2D eigenvalue weighted by molar-refractivity contribution is 5.79. The Morgan fingerprint density at radius 1 is 1.39 bits per heavy atom. The van der Waals surface area contributed by atoms with Crippen LogP contribution >= 0.6 is 0 Å². The van der Waals surface area contributed by atoms with E-state index in [0.717, 1.165) is 5.69 Å². The molecule has 0 bridgehead atoms. The average molecular weight is 381 g/mol. The molecular weight excluding hydrogens is 358 g/mol. The zero-order valence-corrected chi connectivity index (χ0v) is 15.9. The molecule has 3 N–H and O–H groups in total. The molecule has 0 radical (unpaired) electrons. The van der Waals surface area contributed by atoms with Crippen LogP contribution in [0.1, 0.15) is 18.3 Å². The molecule has 3 aromatic rings. The minimum atomic E-state index is -0.350. The fourth-order valence-corrected chi connectivity index (χ4v) is 2.99. The Morgan fingerprint density at radius 2 is 2.21 bits per heavy atom. The quantitative estimate of drug-likeness (QED) is 0.483. The van der Waals surface area contributed by atoms with Crippen LogP contribution in [-0.2, 0) is 11.2 Å². The smallest absolute Gasteiger partial charge is 0.215 e. The van der Waals surface area contributed by atoms with Gasteiger partial charge in [-0.05, 0) is 32.5 Å². The van der Waals surface area contributed by atoms with Crippen molar-refractivity contribution in [1.29, 1.82) is 0 Å². The maximum atomic E-state index is 13.2. The molecule has 8 nitrogen and oxygen atoms in total. The summed E-state index contributed by atoms with van der Waals surface area (Å²) in [4.78, 5) is 21.9. The van der Waals surface area contributed by atoms with Gasteiger partial charge in [-0.25, -0.2) is 9.97 Å². The molecule has 146 valence electrons. The van der Waals surface area contributed by atoms with Crippen LogP contribution < -0.4 is 11.2 Å². The van der Waals surface area contributed by atoms with Crippen LogP contribution in [0.5, 0.6) is 0 Å². The summed E-state index contributed by atoms with van der Waals surface area (Å²) < 4.78 is 8.45. The predicted molar refractivity (Wildman–Crippen MR) is 106 cm³/mol. The lowest BCUT2D eigenvalue weighted by atomic mass is 10.1. The van der Waals surface area contributed by atoms with Gasteiger partial charge in [-0.1, -0.05) is 5.92 Å². The first kappa shape index (κ1) is 19.8. The van der Waals surface area contributed by atoms with Gasteiger partial charge < -0.3 is 20.1 Å². The molecule has 3 heterocycles. The van der Waals surface area contributed by atoms with E-state index < -0.39 is 0 Å². The number of aliphatic hydroxyl groups is 1. The summed E-state index contributed by atoms with van der Waals surface area (Å²) in [5, 5.41) is 9.28. The zero-order chi connectivity index (χ0) is 20.1. The van der Waals surface area contributed by atoms with Crippen molar-refractivity contribution < 1.29 is 9.84 Å². The van der Waals surface area contributed by atoms with Gasteiger partial charge in [0.2, 0.25) is 5.43 Å². The maximum Gasteiger partial charge on any atom is 0.215 e. The van der Waals surface area contributed by atoms with E-state index >= 15 is 0 Å². The number of pyridine rings is 2. The van der Waals surface area contributed by atoms with Gasteiger partial charge in [-0.15, -0.1) is 0 Å². The molecule has 0 saturated heterocycles. The highest BCUT2D eigenvalue weighted by Gasteiger charge is 2.18. The molecule has 3 aromatic heterocycles. The third-order valence-electron chi connectivity index (χ3n) is 4.23. The first-order valence-corrected chi connectivity index (χ1v) is 9.00. The Balaban J connectivity index is 2.29. The van der Waals surface area contributed by atoms with E-state index in [2.05, 4.69) is 21.9 Å². The van der Waals surface area contributed by atoms with Gasteiger partial charge in [-0.3, -0.25) is 9.36 Å². The number of hydrogen-bond donors (Lipinski definition) is 2. The van der Waals surface area contributed by atoms with Crippen LogP contribution in [0.25, 0.3) is 16.7 Å². The summed E-state index contributed by atoms with van der Waals surface area (Å²) >= 11 is 0. The summed E-state index contributed by atoms with van der Waals surface area (Å²) in [6, 6.07) is 6.57. The van der Waals surface area contributed by atoms with Crippen molar-refractivity contribution in [2.75, 3.05) is 19.9 Å². The second-order valence-electron chi connectivity index (χ2n) is 6.45. The molecule has 0 aliphatic rings. The first-order valence-electron chi connectivity index (χ1n) is 9.00. The largest absolute Gasteiger partial charge is 0.371 e. The lowest BCUT2D eigenvalue weighted by molar-refractivity contribution is -0.00865. The van der Waals surface area contributed by atoms with Crippen LogP contribution in [0.15, 0.2) is 35.6 Å². The third kappa shape index (κ3) is 3.97. The SMILES string of the molecule is Cc1cn(-c2c(CCN)n(C#C[C@@H](C)COCO)c3ncccc3c2=O)cn1. The number of fused-ring (bicyclic) bond motifs is 1. The summed E-state index contributed by atoms with van der Waals surface area (Å²) in [6.07, 6.45) is 5.49. The first-order chi connectivity index (χ1) is 13.6. The highest BCUT2D eigenvalue weighted by Crippen LogP contribution is 2.18. The minimum Gasteiger partial charge on any atom is -0.371 e. The van der Waals surface area contributed by atoms with Gasteiger partial charge in [0.1, 0.15) is 12.5 Å². The van der Waals surface area contributed by atoms with Gasteiger partial charge in [0.05, 0.1) is 29.7 Å². The van der Waals surface area contributed by atoms with E-state index in [0.29, 0.717) is 42.0 Å². The Hall–Kier alpha value is -2.99. The van der Waals surface area contributed by atoms with Crippen LogP contribution in [0.3, 0.4) is 0 Å². The summed E-state index contributed by atoms with van der Waals surface area (Å²) in [6.45, 7) is 4.06. The van der Waals surface area contributed by atoms with Crippen molar-refractivity contribution in [3.8, 4) is 17.7 Å². The number of nitrogens with two attached hydrogens (primary N) is 1. The topological polar surface area (TPSA) is 108 Å². The summed E-state index contributed by atoms with van der Waals surface area (Å²) in [7, 11) is 0. The lowest BCUT2D eigenvalue weighted by Crippen LogP contribution is -2.23. The van der Waals surface area contributed by atoms with Gasteiger partial charge in [0.25, 0.3) is 0 Å². The standard InChI is InChI=1S/C20H23N5O3/c1-14(11-28-13-26)6-9-25-17(5-7-21)18(24-10-15(2)23-12-24)19(27)16-4-3-8-22-20(16)25/h3-4,8,10,12,14,26H,5,7,11,13,21H2,1-2H3/t14-/m1/s1. The van der Waals surface area contributed by atoms with Crippen LogP contribution in [0.2, 0.25) is 0 Å². The Morgan fingerprint density at radius 3 is 2.89 bits per heavy atom. The Labute approximate surface area is 162 Å². The number of aryl methyl sites for hydroxylation is 1. The summed E-state index contributed by atoms with van der Waals surface area (Å²) in [5.74, 6) is 2.98. The van der Waals surface area contributed by atoms with Crippen LogP contribution in [-0.4, -0.2) is 44.2 Å². The minimum absolute atomic E-state index is 0.116. The number of nitrogens with zero attached hydrogens (tertiary/aromatic N) is 4. The lowest BCUT2D eigenvalue weighted by Gasteiger charge is -2.16. The van der Waals surface area contributed by atoms with Crippen LogP contribution in [0, 0.1) is 24.8 Å². The molecule has 28 heavy (non-hydrogen) atoms. The zero-order valence-electron chi connectivity index (χ0n) is 15.9. The van der Waals surface area contributed by atoms with Crippen molar-refractivity contribution >= 4 is 11.0 Å². The molecule has 8 heteroatoms.